The number of piperidine rings is 1. The maximum atomic E-state index is 11.2. The third kappa shape index (κ3) is 2.76. The Morgan fingerprint density at radius 1 is 1.35 bits per heavy atom. The van der Waals surface area contributed by atoms with Crippen LogP contribution < -0.4 is 11.1 Å². The van der Waals surface area contributed by atoms with E-state index in [0.29, 0.717) is 16.6 Å². The van der Waals surface area contributed by atoms with Gasteiger partial charge < -0.3 is 16.0 Å². The highest BCUT2D eigenvalue weighted by Gasteiger charge is 2.31. The van der Waals surface area contributed by atoms with Crippen molar-refractivity contribution < 1.29 is 4.79 Å². The third-order valence-electron chi connectivity index (χ3n) is 4.43. The summed E-state index contributed by atoms with van der Waals surface area (Å²) in [5, 5.41) is 3.95. The van der Waals surface area contributed by atoms with E-state index in [0.717, 1.165) is 18.2 Å². The summed E-state index contributed by atoms with van der Waals surface area (Å²) in [6, 6.07) is 6.60. The van der Waals surface area contributed by atoms with Gasteiger partial charge in [0.15, 0.2) is 0 Å². The van der Waals surface area contributed by atoms with Crippen LogP contribution in [-0.4, -0.2) is 36.0 Å². The summed E-state index contributed by atoms with van der Waals surface area (Å²) in [6.45, 7) is 2.44. The normalized spacial score (nSPS) is 26.2. The number of hydrogen-bond acceptors (Lipinski definition) is 3. The van der Waals surface area contributed by atoms with Crippen molar-refractivity contribution >= 4 is 23.2 Å². The zero-order chi connectivity index (χ0) is 14.1. The fraction of sp³-hybridized carbons (Fsp3) is 0.533. The van der Waals surface area contributed by atoms with Gasteiger partial charge in [-0.3, -0.25) is 4.79 Å². The Morgan fingerprint density at radius 3 is 2.95 bits per heavy atom. The number of primary amides is 1. The van der Waals surface area contributed by atoms with Crippen LogP contribution in [0, 0.1) is 0 Å². The molecular formula is C15H20ClN3O. The van der Waals surface area contributed by atoms with Gasteiger partial charge in [0.25, 0.3) is 0 Å². The lowest BCUT2D eigenvalue weighted by molar-refractivity contribution is 0.100. The number of halogens is 1. The molecule has 0 aromatic heterocycles. The van der Waals surface area contributed by atoms with Gasteiger partial charge in [0, 0.05) is 24.3 Å². The maximum Gasteiger partial charge on any atom is 0.250 e. The Labute approximate surface area is 124 Å². The topological polar surface area (TPSA) is 58.4 Å². The highest BCUT2D eigenvalue weighted by Crippen LogP contribution is 2.29. The maximum absolute atomic E-state index is 11.2. The molecule has 2 fully saturated rings. The van der Waals surface area contributed by atoms with Crippen molar-refractivity contribution in [2.75, 3.05) is 18.4 Å². The van der Waals surface area contributed by atoms with E-state index in [9.17, 15) is 4.79 Å². The van der Waals surface area contributed by atoms with Gasteiger partial charge in [0.1, 0.15) is 0 Å². The van der Waals surface area contributed by atoms with Gasteiger partial charge in [-0.1, -0.05) is 11.6 Å². The highest BCUT2D eigenvalue weighted by atomic mass is 35.5. The largest absolute Gasteiger partial charge is 0.382 e. The number of anilines is 1. The summed E-state index contributed by atoms with van der Waals surface area (Å²) in [5.41, 5.74) is 6.60. The van der Waals surface area contributed by atoms with E-state index in [1.165, 1.54) is 32.4 Å². The number of fused-ring (bicyclic) bond motifs is 1. The van der Waals surface area contributed by atoms with Gasteiger partial charge in [-0.2, -0.15) is 0 Å². The summed E-state index contributed by atoms with van der Waals surface area (Å²) in [5.74, 6) is -0.485. The fourth-order valence-electron chi connectivity index (χ4n) is 3.40. The Hall–Kier alpha value is -1.26. The molecule has 2 aliphatic rings. The number of carbonyl (C=O) groups is 1. The second-order valence-corrected chi connectivity index (χ2v) is 6.16. The SMILES string of the molecule is NC(=O)c1ccc(NC2CCN3CCCC3C2)cc1Cl. The molecular weight excluding hydrogens is 274 g/mol. The number of benzene rings is 1. The van der Waals surface area contributed by atoms with Gasteiger partial charge >= 0.3 is 0 Å². The van der Waals surface area contributed by atoms with Crippen molar-refractivity contribution in [1.82, 2.24) is 4.90 Å². The Kier molecular flexibility index (Phi) is 3.85. The first kappa shape index (κ1) is 13.7. The van der Waals surface area contributed by atoms with Crippen LogP contribution in [0.2, 0.25) is 5.02 Å². The lowest BCUT2D eigenvalue weighted by Gasteiger charge is -2.35. The smallest absolute Gasteiger partial charge is 0.250 e. The molecule has 2 atom stereocenters. The molecule has 1 amide bonds. The molecule has 0 bridgehead atoms. The molecule has 4 nitrogen and oxygen atoms in total. The fourth-order valence-corrected chi connectivity index (χ4v) is 3.67. The van der Waals surface area contributed by atoms with Crippen molar-refractivity contribution in [1.29, 1.82) is 0 Å². The monoisotopic (exact) mass is 293 g/mol. The number of carbonyl (C=O) groups excluding carboxylic acids is 1. The van der Waals surface area contributed by atoms with Crippen molar-refractivity contribution in [2.24, 2.45) is 5.73 Å². The second kappa shape index (κ2) is 5.62. The summed E-state index contributed by atoms with van der Waals surface area (Å²) >= 11 is 6.08. The van der Waals surface area contributed by atoms with Crippen LogP contribution in [0.5, 0.6) is 0 Å². The van der Waals surface area contributed by atoms with Crippen LogP contribution in [0.15, 0.2) is 18.2 Å². The zero-order valence-electron chi connectivity index (χ0n) is 11.4. The van der Waals surface area contributed by atoms with E-state index in [-0.39, 0.29) is 0 Å². The summed E-state index contributed by atoms with van der Waals surface area (Å²) < 4.78 is 0. The predicted molar refractivity (Wildman–Crippen MR) is 81.2 cm³/mol. The van der Waals surface area contributed by atoms with Crippen molar-refractivity contribution in [3.05, 3.63) is 28.8 Å². The molecule has 1 aromatic rings. The Bertz CT molecular complexity index is 520. The quantitative estimate of drug-likeness (QED) is 0.900. The van der Waals surface area contributed by atoms with E-state index < -0.39 is 5.91 Å². The molecule has 2 heterocycles. The number of nitrogens with zero attached hydrogens (tertiary/aromatic N) is 1. The van der Waals surface area contributed by atoms with Crippen molar-refractivity contribution in [3.8, 4) is 0 Å². The predicted octanol–water partition coefficient (Wildman–Crippen LogP) is 2.48. The zero-order valence-corrected chi connectivity index (χ0v) is 12.2. The minimum absolute atomic E-state index is 0.378. The van der Waals surface area contributed by atoms with Gasteiger partial charge in [0.2, 0.25) is 5.91 Å². The van der Waals surface area contributed by atoms with Crippen molar-refractivity contribution in [3.63, 3.8) is 0 Å². The minimum Gasteiger partial charge on any atom is -0.382 e. The third-order valence-corrected chi connectivity index (χ3v) is 4.74. The first-order valence-corrected chi connectivity index (χ1v) is 7.61. The Balaban J connectivity index is 1.66. The average Bonchev–Trinajstić information content (AvgIpc) is 2.85. The van der Waals surface area contributed by atoms with Crippen LogP contribution >= 0.6 is 11.6 Å². The molecule has 0 aliphatic carbocycles. The van der Waals surface area contributed by atoms with Crippen LogP contribution in [-0.2, 0) is 0 Å². The molecule has 20 heavy (non-hydrogen) atoms. The number of nitrogens with two attached hydrogens (primary N) is 1. The molecule has 5 heteroatoms. The number of rotatable bonds is 3. The van der Waals surface area contributed by atoms with Crippen LogP contribution in [0.3, 0.4) is 0 Å². The molecule has 2 unspecified atom stereocenters. The van der Waals surface area contributed by atoms with Crippen LogP contribution in [0.4, 0.5) is 5.69 Å². The molecule has 1 aromatic carbocycles. The lowest BCUT2D eigenvalue weighted by atomic mass is 9.97. The highest BCUT2D eigenvalue weighted by molar-refractivity contribution is 6.34. The standard InChI is InChI=1S/C15H20ClN3O/c16-14-9-10(3-4-13(14)15(17)20)18-11-5-7-19-6-1-2-12(19)8-11/h3-4,9,11-12,18H,1-2,5-8H2,(H2,17,20). The Morgan fingerprint density at radius 2 is 2.20 bits per heavy atom. The molecule has 0 spiro atoms. The van der Waals surface area contributed by atoms with E-state index in [1.807, 2.05) is 6.07 Å². The molecule has 0 saturated carbocycles. The van der Waals surface area contributed by atoms with E-state index in [2.05, 4.69) is 10.2 Å². The number of amides is 1. The summed E-state index contributed by atoms with van der Waals surface area (Å²) in [4.78, 5) is 13.8. The summed E-state index contributed by atoms with van der Waals surface area (Å²) in [6.07, 6.45) is 5.00. The first-order valence-electron chi connectivity index (χ1n) is 7.23. The molecule has 3 N–H and O–H groups in total. The number of hydrogen-bond donors (Lipinski definition) is 2. The summed E-state index contributed by atoms with van der Waals surface area (Å²) in [7, 11) is 0. The molecule has 0 radical (unpaired) electrons. The van der Waals surface area contributed by atoms with Gasteiger partial charge in [-0.15, -0.1) is 0 Å². The van der Waals surface area contributed by atoms with Crippen molar-refractivity contribution in [2.45, 2.75) is 37.8 Å². The van der Waals surface area contributed by atoms with Crippen LogP contribution in [0.1, 0.15) is 36.0 Å². The lowest BCUT2D eigenvalue weighted by Crippen LogP contribution is -2.42. The van der Waals surface area contributed by atoms with Crippen LogP contribution in [0.25, 0.3) is 0 Å². The van der Waals surface area contributed by atoms with E-state index in [1.54, 1.807) is 12.1 Å². The van der Waals surface area contributed by atoms with Gasteiger partial charge in [-0.05, 0) is 50.4 Å². The van der Waals surface area contributed by atoms with E-state index in [4.69, 9.17) is 17.3 Å². The molecule has 3 rings (SSSR count). The van der Waals surface area contributed by atoms with Gasteiger partial charge in [-0.25, -0.2) is 0 Å². The molecule has 108 valence electrons. The van der Waals surface area contributed by atoms with E-state index >= 15 is 0 Å². The molecule has 2 saturated heterocycles. The molecule has 2 aliphatic heterocycles. The van der Waals surface area contributed by atoms with Gasteiger partial charge in [0.05, 0.1) is 10.6 Å². The average molecular weight is 294 g/mol. The number of nitrogens with one attached hydrogen (secondary N) is 1. The second-order valence-electron chi connectivity index (χ2n) is 5.76. The minimum atomic E-state index is -0.485. The first-order chi connectivity index (χ1) is 9.63.